The molecule has 1 saturated carbocycles. The lowest BCUT2D eigenvalue weighted by Gasteiger charge is -2.14. The number of rotatable bonds is 4. The zero-order valence-corrected chi connectivity index (χ0v) is 10.6. The predicted octanol–water partition coefficient (Wildman–Crippen LogP) is 2.18. The number of aliphatic hydroxyl groups excluding tert-OH is 1. The molecule has 1 aliphatic carbocycles. The van der Waals surface area contributed by atoms with Crippen LogP contribution in [-0.2, 0) is 4.79 Å². The van der Waals surface area contributed by atoms with Crippen molar-refractivity contribution in [1.82, 2.24) is 0 Å². The number of nitrogens with one attached hydrogen (secondary N) is 1. The van der Waals surface area contributed by atoms with E-state index in [-0.39, 0.29) is 17.9 Å². The van der Waals surface area contributed by atoms with Gasteiger partial charge in [-0.1, -0.05) is 12.1 Å². The van der Waals surface area contributed by atoms with Gasteiger partial charge in [-0.2, -0.15) is 0 Å². The van der Waals surface area contributed by atoms with Crippen molar-refractivity contribution < 1.29 is 14.6 Å². The van der Waals surface area contributed by atoms with Crippen LogP contribution in [0.1, 0.15) is 26.2 Å². The molecule has 4 heteroatoms. The highest BCUT2D eigenvalue weighted by Crippen LogP contribution is 2.29. The minimum atomic E-state index is -0.331. The molecular formula is C14H19NO3. The van der Waals surface area contributed by atoms with E-state index in [0.29, 0.717) is 30.9 Å². The molecule has 0 aromatic heterocycles. The molecule has 0 heterocycles. The Labute approximate surface area is 107 Å². The van der Waals surface area contributed by atoms with E-state index in [4.69, 9.17) is 4.74 Å². The van der Waals surface area contributed by atoms with E-state index in [0.717, 1.165) is 6.42 Å². The molecule has 2 rings (SSSR count). The second-order valence-corrected chi connectivity index (χ2v) is 4.58. The lowest BCUT2D eigenvalue weighted by molar-refractivity contribution is -0.119. The quantitative estimate of drug-likeness (QED) is 0.860. The zero-order valence-electron chi connectivity index (χ0n) is 10.6. The summed E-state index contributed by atoms with van der Waals surface area (Å²) in [5.74, 6) is 0.570. The van der Waals surface area contributed by atoms with Gasteiger partial charge in [0, 0.05) is 5.92 Å². The van der Waals surface area contributed by atoms with Crippen LogP contribution in [0.2, 0.25) is 0 Å². The highest BCUT2D eigenvalue weighted by atomic mass is 16.5. The van der Waals surface area contributed by atoms with Gasteiger partial charge in [-0.3, -0.25) is 4.79 Å². The first-order valence-corrected chi connectivity index (χ1v) is 6.41. The molecule has 98 valence electrons. The van der Waals surface area contributed by atoms with E-state index < -0.39 is 0 Å². The predicted molar refractivity (Wildman–Crippen MR) is 69.6 cm³/mol. The van der Waals surface area contributed by atoms with Gasteiger partial charge >= 0.3 is 0 Å². The Balaban J connectivity index is 2.02. The third-order valence-corrected chi connectivity index (χ3v) is 3.22. The van der Waals surface area contributed by atoms with Crippen molar-refractivity contribution in [3.63, 3.8) is 0 Å². The summed E-state index contributed by atoms with van der Waals surface area (Å²) in [6.45, 7) is 2.47. The summed E-state index contributed by atoms with van der Waals surface area (Å²) in [4.78, 5) is 12.0. The van der Waals surface area contributed by atoms with Gasteiger partial charge in [0.1, 0.15) is 5.75 Å². The van der Waals surface area contributed by atoms with Gasteiger partial charge < -0.3 is 15.2 Å². The van der Waals surface area contributed by atoms with E-state index in [1.165, 1.54) is 0 Å². The lowest BCUT2D eigenvalue weighted by Crippen LogP contribution is -2.21. The molecule has 1 fully saturated rings. The first kappa shape index (κ1) is 12.9. The maximum atomic E-state index is 12.0. The summed E-state index contributed by atoms with van der Waals surface area (Å²) in [7, 11) is 0. The highest BCUT2D eigenvalue weighted by molar-refractivity contribution is 5.94. The SMILES string of the molecule is CCOc1ccccc1NC(=O)[C@H]1CC[C@@H](O)C1. The van der Waals surface area contributed by atoms with Gasteiger partial charge in [-0.25, -0.2) is 0 Å². The highest BCUT2D eigenvalue weighted by Gasteiger charge is 2.28. The molecule has 1 aliphatic rings. The molecule has 1 aromatic carbocycles. The number of anilines is 1. The molecule has 0 bridgehead atoms. The Morgan fingerprint density at radius 1 is 1.44 bits per heavy atom. The number of aliphatic hydroxyl groups is 1. The molecular weight excluding hydrogens is 230 g/mol. The van der Waals surface area contributed by atoms with Crippen molar-refractivity contribution in [1.29, 1.82) is 0 Å². The summed E-state index contributed by atoms with van der Waals surface area (Å²) < 4.78 is 5.46. The van der Waals surface area contributed by atoms with Crippen molar-refractivity contribution in [2.24, 2.45) is 5.92 Å². The maximum Gasteiger partial charge on any atom is 0.227 e. The van der Waals surface area contributed by atoms with Crippen molar-refractivity contribution in [2.45, 2.75) is 32.3 Å². The van der Waals surface area contributed by atoms with E-state index in [2.05, 4.69) is 5.32 Å². The molecule has 0 aliphatic heterocycles. The summed E-state index contributed by atoms with van der Waals surface area (Å²) in [5, 5.41) is 12.3. The van der Waals surface area contributed by atoms with Gasteiger partial charge in [-0.15, -0.1) is 0 Å². The average molecular weight is 249 g/mol. The largest absolute Gasteiger partial charge is 0.492 e. The van der Waals surface area contributed by atoms with Crippen LogP contribution in [0.15, 0.2) is 24.3 Å². The van der Waals surface area contributed by atoms with Gasteiger partial charge in [0.05, 0.1) is 18.4 Å². The van der Waals surface area contributed by atoms with Crippen LogP contribution in [0.3, 0.4) is 0 Å². The van der Waals surface area contributed by atoms with Gasteiger partial charge in [-0.05, 0) is 38.3 Å². The number of hydrogen-bond donors (Lipinski definition) is 2. The van der Waals surface area contributed by atoms with Crippen LogP contribution in [0, 0.1) is 5.92 Å². The van der Waals surface area contributed by atoms with Gasteiger partial charge in [0.25, 0.3) is 0 Å². The summed E-state index contributed by atoms with van der Waals surface area (Å²) in [6, 6.07) is 7.40. The molecule has 0 radical (unpaired) electrons. The lowest BCUT2D eigenvalue weighted by atomic mass is 10.1. The fourth-order valence-electron chi connectivity index (χ4n) is 2.28. The van der Waals surface area contributed by atoms with Crippen molar-refractivity contribution in [3.8, 4) is 5.75 Å². The number of para-hydroxylation sites is 2. The molecule has 1 aromatic rings. The van der Waals surface area contributed by atoms with Crippen LogP contribution < -0.4 is 10.1 Å². The molecule has 0 unspecified atom stereocenters. The number of ether oxygens (including phenoxy) is 1. The van der Waals surface area contributed by atoms with Crippen molar-refractivity contribution >= 4 is 11.6 Å². The first-order valence-electron chi connectivity index (χ1n) is 6.41. The number of carbonyl (C=O) groups excluding carboxylic acids is 1. The molecule has 2 N–H and O–H groups in total. The second kappa shape index (κ2) is 5.87. The normalized spacial score (nSPS) is 22.8. The van der Waals surface area contributed by atoms with Crippen LogP contribution >= 0.6 is 0 Å². The summed E-state index contributed by atoms with van der Waals surface area (Å²) in [6.07, 6.45) is 1.69. The maximum absolute atomic E-state index is 12.0. The Bertz CT molecular complexity index is 419. The monoisotopic (exact) mass is 249 g/mol. The van der Waals surface area contributed by atoms with Crippen LogP contribution in [0.5, 0.6) is 5.75 Å². The van der Waals surface area contributed by atoms with Crippen molar-refractivity contribution in [3.05, 3.63) is 24.3 Å². The first-order chi connectivity index (χ1) is 8.70. The molecule has 0 saturated heterocycles. The fraction of sp³-hybridized carbons (Fsp3) is 0.500. The molecule has 2 atom stereocenters. The van der Waals surface area contributed by atoms with Crippen LogP contribution in [-0.4, -0.2) is 23.7 Å². The van der Waals surface area contributed by atoms with Crippen LogP contribution in [0.25, 0.3) is 0 Å². The smallest absolute Gasteiger partial charge is 0.227 e. The van der Waals surface area contributed by atoms with Gasteiger partial charge in [0.2, 0.25) is 5.91 Å². The Morgan fingerprint density at radius 3 is 2.89 bits per heavy atom. The summed E-state index contributed by atoms with van der Waals surface area (Å²) >= 11 is 0. The zero-order chi connectivity index (χ0) is 13.0. The second-order valence-electron chi connectivity index (χ2n) is 4.58. The number of carbonyl (C=O) groups is 1. The van der Waals surface area contributed by atoms with E-state index in [9.17, 15) is 9.90 Å². The molecule has 4 nitrogen and oxygen atoms in total. The molecule has 18 heavy (non-hydrogen) atoms. The topological polar surface area (TPSA) is 58.6 Å². The van der Waals surface area contributed by atoms with Crippen molar-refractivity contribution in [2.75, 3.05) is 11.9 Å². The fourth-order valence-corrected chi connectivity index (χ4v) is 2.28. The Kier molecular flexibility index (Phi) is 4.20. The minimum Gasteiger partial charge on any atom is -0.492 e. The van der Waals surface area contributed by atoms with Gasteiger partial charge in [0.15, 0.2) is 0 Å². The van der Waals surface area contributed by atoms with Crippen LogP contribution in [0.4, 0.5) is 5.69 Å². The number of hydrogen-bond acceptors (Lipinski definition) is 3. The molecule has 0 spiro atoms. The number of benzene rings is 1. The molecule has 1 amide bonds. The minimum absolute atomic E-state index is 0.0290. The standard InChI is InChI=1S/C14H19NO3/c1-2-18-13-6-4-3-5-12(13)15-14(17)10-7-8-11(16)9-10/h3-6,10-11,16H,2,7-9H2,1H3,(H,15,17)/t10-,11+/m0/s1. The average Bonchev–Trinajstić information content (AvgIpc) is 2.79. The van der Waals surface area contributed by atoms with E-state index in [1.807, 2.05) is 31.2 Å². The Morgan fingerprint density at radius 2 is 2.22 bits per heavy atom. The summed E-state index contributed by atoms with van der Waals surface area (Å²) in [5.41, 5.74) is 0.700. The van der Waals surface area contributed by atoms with E-state index in [1.54, 1.807) is 0 Å². The third-order valence-electron chi connectivity index (χ3n) is 3.22. The third kappa shape index (κ3) is 3.01. The number of amides is 1. The van der Waals surface area contributed by atoms with E-state index >= 15 is 0 Å². The Hall–Kier alpha value is -1.55.